The van der Waals surface area contributed by atoms with Gasteiger partial charge in [-0.1, -0.05) is 0 Å². The molecule has 1 atom stereocenters. The lowest BCUT2D eigenvalue weighted by molar-refractivity contribution is -0.154. The minimum atomic E-state index is -2.95. The fourth-order valence-electron chi connectivity index (χ4n) is 2.10. The summed E-state index contributed by atoms with van der Waals surface area (Å²) in [7, 11) is 0. The van der Waals surface area contributed by atoms with Gasteiger partial charge in [-0.2, -0.15) is 0 Å². The molecule has 2 heterocycles. The van der Waals surface area contributed by atoms with Crippen LogP contribution in [-0.4, -0.2) is 41.5 Å². The summed E-state index contributed by atoms with van der Waals surface area (Å²) in [6, 6.07) is 0. The van der Waals surface area contributed by atoms with Gasteiger partial charge >= 0.3 is 0 Å². The van der Waals surface area contributed by atoms with E-state index in [-0.39, 0.29) is 6.54 Å². The molecule has 0 aromatic rings. The summed E-state index contributed by atoms with van der Waals surface area (Å²) >= 11 is 0. The van der Waals surface area contributed by atoms with Crippen molar-refractivity contribution < 1.29 is 13.6 Å². The van der Waals surface area contributed by atoms with Crippen LogP contribution in [-0.2, 0) is 4.79 Å². The van der Waals surface area contributed by atoms with E-state index in [1.807, 2.05) is 0 Å². The zero-order valence-electron chi connectivity index (χ0n) is 8.39. The number of fused-ring (bicyclic) bond motifs is 1. The van der Waals surface area contributed by atoms with Crippen molar-refractivity contribution in [1.29, 1.82) is 0 Å². The lowest BCUT2D eigenvalue weighted by Gasteiger charge is -2.28. The average Bonchev–Trinajstić information content (AvgIpc) is 2.55. The Kier molecular flexibility index (Phi) is 1.86. The van der Waals surface area contributed by atoms with Gasteiger partial charge in [0.05, 0.1) is 0 Å². The summed E-state index contributed by atoms with van der Waals surface area (Å²) < 4.78 is 26.6. The Balaban J connectivity index is 2.29. The Labute approximate surface area is 81.6 Å². The number of rotatable bonds is 1. The number of hydrogen-bond donors (Lipinski definition) is 0. The third kappa shape index (κ3) is 1.08. The molecule has 0 bridgehead atoms. The van der Waals surface area contributed by atoms with Crippen molar-refractivity contribution in [3.63, 3.8) is 0 Å². The van der Waals surface area contributed by atoms with E-state index >= 15 is 0 Å². The number of halogens is 2. The molecule has 14 heavy (non-hydrogen) atoms. The normalized spacial score (nSPS) is 34.0. The second kappa shape index (κ2) is 2.66. The van der Waals surface area contributed by atoms with Crippen molar-refractivity contribution in [2.24, 2.45) is 5.41 Å². The summed E-state index contributed by atoms with van der Waals surface area (Å²) in [6.45, 7) is 3.64. The first-order valence-electron chi connectivity index (χ1n) is 4.81. The van der Waals surface area contributed by atoms with E-state index in [2.05, 4.69) is 0 Å². The van der Waals surface area contributed by atoms with Gasteiger partial charge in [-0.05, 0) is 13.3 Å². The van der Waals surface area contributed by atoms with Gasteiger partial charge in [-0.15, -0.1) is 0 Å². The van der Waals surface area contributed by atoms with Crippen molar-refractivity contribution >= 4 is 5.91 Å². The molecule has 0 aliphatic carbocycles. The van der Waals surface area contributed by atoms with Gasteiger partial charge in [0.2, 0.25) is 5.91 Å². The van der Waals surface area contributed by atoms with Crippen LogP contribution in [0, 0.1) is 5.41 Å². The Bertz CT molecular complexity index is 276. The van der Waals surface area contributed by atoms with E-state index in [1.54, 1.807) is 5.01 Å². The van der Waals surface area contributed by atoms with Crippen LogP contribution in [0.1, 0.15) is 20.3 Å². The molecule has 2 rings (SSSR count). The third-order valence-electron chi connectivity index (χ3n) is 3.30. The highest BCUT2D eigenvalue weighted by molar-refractivity contribution is 5.85. The smallest absolute Gasteiger partial charge is 0.260 e. The zero-order chi connectivity index (χ0) is 10.6. The monoisotopic (exact) mass is 204 g/mol. The quantitative estimate of drug-likeness (QED) is 0.638. The summed E-state index contributed by atoms with van der Waals surface area (Å²) in [5.74, 6) is -3.38. The minimum Gasteiger partial charge on any atom is -0.275 e. The van der Waals surface area contributed by atoms with Crippen LogP contribution >= 0.6 is 0 Å². The Morgan fingerprint density at radius 3 is 2.57 bits per heavy atom. The van der Waals surface area contributed by atoms with Crippen molar-refractivity contribution in [2.75, 3.05) is 19.6 Å². The predicted octanol–water partition coefficient (Wildman–Crippen LogP) is 1.11. The van der Waals surface area contributed by atoms with Gasteiger partial charge in [0.15, 0.2) is 0 Å². The van der Waals surface area contributed by atoms with E-state index in [1.165, 1.54) is 11.9 Å². The SMILES string of the molecule is CC(F)(F)C1(C)CN2CCCN2C1=O. The molecule has 0 spiro atoms. The molecule has 2 aliphatic heterocycles. The number of hydrogen-bond acceptors (Lipinski definition) is 2. The molecule has 0 radical (unpaired) electrons. The van der Waals surface area contributed by atoms with Crippen LogP contribution in [0.15, 0.2) is 0 Å². The number of alkyl halides is 2. The molecule has 2 fully saturated rings. The molecule has 1 unspecified atom stereocenters. The number of hydrazine groups is 1. The maximum atomic E-state index is 13.3. The Morgan fingerprint density at radius 2 is 2.07 bits per heavy atom. The van der Waals surface area contributed by atoms with Crippen molar-refractivity contribution in [3.8, 4) is 0 Å². The molecule has 3 nitrogen and oxygen atoms in total. The fourth-order valence-corrected chi connectivity index (χ4v) is 2.10. The highest BCUT2D eigenvalue weighted by atomic mass is 19.3. The van der Waals surface area contributed by atoms with Crippen LogP contribution < -0.4 is 0 Å². The van der Waals surface area contributed by atoms with Gasteiger partial charge < -0.3 is 0 Å². The molecule has 0 saturated carbocycles. The van der Waals surface area contributed by atoms with Gasteiger partial charge in [0.25, 0.3) is 5.92 Å². The van der Waals surface area contributed by atoms with Crippen molar-refractivity contribution in [2.45, 2.75) is 26.2 Å². The Hall–Kier alpha value is -0.710. The largest absolute Gasteiger partial charge is 0.275 e. The molecule has 2 saturated heterocycles. The standard InChI is InChI=1S/C9H14F2N2O/c1-8(9(2,10)11)6-12-4-3-5-13(12)7(8)14/h3-6H2,1-2H3. The highest BCUT2D eigenvalue weighted by Crippen LogP contribution is 2.44. The molecule has 80 valence electrons. The third-order valence-corrected chi connectivity index (χ3v) is 3.30. The number of carbonyl (C=O) groups excluding carboxylic acids is 1. The van der Waals surface area contributed by atoms with Crippen LogP contribution in [0.3, 0.4) is 0 Å². The number of nitrogens with zero attached hydrogens (tertiary/aromatic N) is 2. The fraction of sp³-hybridized carbons (Fsp3) is 0.889. The molecule has 1 amide bonds. The summed E-state index contributed by atoms with van der Waals surface area (Å²) in [5, 5.41) is 3.21. The van der Waals surface area contributed by atoms with E-state index in [9.17, 15) is 13.6 Å². The molecule has 0 aromatic carbocycles. The van der Waals surface area contributed by atoms with Crippen molar-refractivity contribution in [1.82, 2.24) is 10.0 Å². The lowest BCUT2D eigenvalue weighted by Crippen LogP contribution is -2.45. The molecular formula is C9H14F2N2O. The van der Waals surface area contributed by atoms with Gasteiger partial charge in [-0.25, -0.2) is 13.8 Å². The molecule has 0 aromatic heterocycles. The predicted molar refractivity (Wildman–Crippen MR) is 46.6 cm³/mol. The second-order valence-corrected chi connectivity index (χ2v) is 4.39. The molecule has 2 aliphatic rings. The Morgan fingerprint density at radius 1 is 1.43 bits per heavy atom. The number of carbonyl (C=O) groups is 1. The summed E-state index contributed by atoms with van der Waals surface area (Å²) in [6.07, 6.45) is 0.886. The first kappa shape index (κ1) is 9.83. The molecule has 0 N–H and O–H groups in total. The topological polar surface area (TPSA) is 23.6 Å². The van der Waals surface area contributed by atoms with Crippen LogP contribution in [0.25, 0.3) is 0 Å². The van der Waals surface area contributed by atoms with E-state index in [4.69, 9.17) is 0 Å². The lowest BCUT2D eigenvalue weighted by atomic mass is 9.84. The molecule has 5 heteroatoms. The van der Waals surface area contributed by atoms with Gasteiger partial charge in [0.1, 0.15) is 5.41 Å². The first-order valence-corrected chi connectivity index (χ1v) is 4.81. The summed E-state index contributed by atoms with van der Waals surface area (Å²) in [5.41, 5.74) is -1.53. The number of amides is 1. The van der Waals surface area contributed by atoms with Crippen LogP contribution in [0.2, 0.25) is 0 Å². The second-order valence-electron chi connectivity index (χ2n) is 4.39. The highest BCUT2D eigenvalue weighted by Gasteiger charge is 2.60. The van der Waals surface area contributed by atoms with Gasteiger partial charge in [-0.3, -0.25) is 9.80 Å². The average molecular weight is 204 g/mol. The minimum absolute atomic E-state index is 0.148. The maximum Gasteiger partial charge on any atom is 0.260 e. The van der Waals surface area contributed by atoms with Crippen LogP contribution in [0.4, 0.5) is 8.78 Å². The van der Waals surface area contributed by atoms with E-state index in [0.717, 1.165) is 19.9 Å². The van der Waals surface area contributed by atoms with Gasteiger partial charge in [0, 0.05) is 26.6 Å². The first-order chi connectivity index (χ1) is 6.36. The van der Waals surface area contributed by atoms with E-state index < -0.39 is 17.2 Å². The zero-order valence-corrected chi connectivity index (χ0v) is 8.39. The summed E-state index contributed by atoms with van der Waals surface area (Å²) in [4.78, 5) is 11.8. The maximum absolute atomic E-state index is 13.3. The van der Waals surface area contributed by atoms with Crippen molar-refractivity contribution in [3.05, 3.63) is 0 Å². The van der Waals surface area contributed by atoms with Crippen LogP contribution in [0.5, 0.6) is 0 Å². The molecular weight excluding hydrogens is 190 g/mol. The van der Waals surface area contributed by atoms with E-state index in [0.29, 0.717) is 6.54 Å².